The number of likely N-dealkylation sites (tertiary alicyclic amines) is 1. The van der Waals surface area contributed by atoms with Gasteiger partial charge < -0.3 is 11.1 Å². The van der Waals surface area contributed by atoms with Crippen LogP contribution < -0.4 is 11.1 Å². The SMILES string of the molecule is Cc1ccc(NC(N)=NCC(C)N2CCCC(C)C2)cc1C. The van der Waals surface area contributed by atoms with Gasteiger partial charge in [-0.1, -0.05) is 13.0 Å². The van der Waals surface area contributed by atoms with Gasteiger partial charge in [-0.2, -0.15) is 0 Å². The molecule has 0 amide bonds. The molecule has 4 nitrogen and oxygen atoms in total. The van der Waals surface area contributed by atoms with Crippen molar-refractivity contribution in [3.05, 3.63) is 29.3 Å². The van der Waals surface area contributed by atoms with Gasteiger partial charge in [0.05, 0.1) is 6.54 Å². The van der Waals surface area contributed by atoms with Crippen molar-refractivity contribution >= 4 is 11.6 Å². The maximum Gasteiger partial charge on any atom is 0.193 e. The number of benzene rings is 1. The Balaban J connectivity index is 1.87. The molecule has 1 aromatic carbocycles. The fraction of sp³-hybridized carbons (Fsp3) is 0.611. The highest BCUT2D eigenvalue weighted by Gasteiger charge is 2.20. The summed E-state index contributed by atoms with van der Waals surface area (Å²) in [6, 6.07) is 6.69. The molecular weight excluding hydrogens is 272 g/mol. The van der Waals surface area contributed by atoms with Crippen LogP contribution in [0.3, 0.4) is 0 Å². The standard InChI is InChI=1S/C18H30N4/c1-13-6-5-9-22(12-13)16(4)11-20-18(19)21-17-8-7-14(2)15(3)10-17/h7-8,10,13,16H,5-6,9,11-12H2,1-4H3,(H3,19,20,21). The van der Waals surface area contributed by atoms with Crippen molar-refractivity contribution in [1.29, 1.82) is 0 Å². The topological polar surface area (TPSA) is 53.6 Å². The summed E-state index contributed by atoms with van der Waals surface area (Å²) in [6.45, 7) is 11.9. The summed E-state index contributed by atoms with van der Waals surface area (Å²) in [5.41, 5.74) is 9.57. The van der Waals surface area contributed by atoms with Crippen LogP contribution in [-0.2, 0) is 0 Å². The first-order chi connectivity index (χ1) is 10.5. The summed E-state index contributed by atoms with van der Waals surface area (Å²) in [4.78, 5) is 7.04. The maximum atomic E-state index is 6.02. The van der Waals surface area contributed by atoms with Crippen molar-refractivity contribution in [1.82, 2.24) is 4.90 Å². The van der Waals surface area contributed by atoms with E-state index < -0.39 is 0 Å². The Hall–Kier alpha value is -1.55. The van der Waals surface area contributed by atoms with Gasteiger partial charge in [0.25, 0.3) is 0 Å². The van der Waals surface area contributed by atoms with Crippen molar-refractivity contribution in [2.45, 2.75) is 46.6 Å². The van der Waals surface area contributed by atoms with Gasteiger partial charge in [0.1, 0.15) is 0 Å². The van der Waals surface area contributed by atoms with E-state index in [2.05, 4.69) is 55.0 Å². The molecule has 1 aliphatic rings. The quantitative estimate of drug-likeness (QED) is 0.663. The zero-order chi connectivity index (χ0) is 16.1. The minimum atomic E-state index is 0.447. The van der Waals surface area contributed by atoms with Crippen molar-refractivity contribution in [3.63, 3.8) is 0 Å². The van der Waals surface area contributed by atoms with E-state index in [1.54, 1.807) is 0 Å². The molecule has 2 rings (SSSR count). The lowest BCUT2D eigenvalue weighted by Gasteiger charge is -2.34. The first-order valence-corrected chi connectivity index (χ1v) is 8.34. The Morgan fingerprint density at radius 1 is 1.41 bits per heavy atom. The monoisotopic (exact) mass is 302 g/mol. The normalized spacial score (nSPS) is 21.6. The molecule has 22 heavy (non-hydrogen) atoms. The number of hydrogen-bond acceptors (Lipinski definition) is 2. The molecule has 0 aromatic heterocycles. The molecule has 3 N–H and O–H groups in total. The van der Waals surface area contributed by atoms with Crippen molar-refractivity contribution in [2.24, 2.45) is 16.6 Å². The lowest BCUT2D eigenvalue weighted by atomic mass is 9.99. The van der Waals surface area contributed by atoms with Crippen LogP contribution in [0.1, 0.15) is 37.8 Å². The molecule has 2 unspecified atom stereocenters. The van der Waals surface area contributed by atoms with Gasteiger partial charge in [0.15, 0.2) is 5.96 Å². The molecule has 0 radical (unpaired) electrons. The fourth-order valence-electron chi connectivity index (χ4n) is 2.98. The number of hydrogen-bond donors (Lipinski definition) is 2. The zero-order valence-corrected chi connectivity index (χ0v) is 14.4. The number of anilines is 1. The van der Waals surface area contributed by atoms with E-state index in [1.807, 2.05) is 6.07 Å². The number of guanidine groups is 1. The Kier molecular flexibility index (Phi) is 5.83. The molecule has 4 heteroatoms. The highest BCUT2D eigenvalue weighted by atomic mass is 15.2. The van der Waals surface area contributed by atoms with E-state index in [4.69, 9.17) is 5.73 Å². The number of aryl methyl sites for hydroxylation is 2. The third-order valence-electron chi connectivity index (χ3n) is 4.62. The molecule has 1 fully saturated rings. The van der Waals surface area contributed by atoms with Gasteiger partial charge in [0.2, 0.25) is 0 Å². The van der Waals surface area contributed by atoms with E-state index in [0.717, 1.165) is 18.2 Å². The number of piperidine rings is 1. The molecule has 1 aliphatic heterocycles. The minimum Gasteiger partial charge on any atom is -0.370 e. The van der Waals surface area contributed by atoms with E-state index in [-0.39, 0.29) is 0 Å². The third-order valence-corrected chi connectivity index (χ3v) is 4.62. The van der Waals surface area contributed by atoms with Crippen LogP contribution in [0.25, 0.3) is 0 Å². The second-order valence-corrected chi connectivity index (χ2v) is 6.74. The zero-order valence-electron chi connectivity index (χ0n) is 14.4. The van der Waals surface area contributed by atoms with Crippen LogP contribution in [0.2, 0.25) is 0 Å². The molecule has 2 atom stereocenters. The van der Waals surface area contributed by atoms with E-state index in [9.17, 15) is 0 Å². The highest BCUT2D eigenvalue weighted by molar-refractivity contribution is 5.92. The Labute approximate surface area is 134 Å². The van der Waals surface area contributed by atoms with Gasteiger partial charge in [-0.3, -0.25) is 9.89 Å². The molecule has 0 bridgehead atoms. The predicted molar refractivity (Wildman–Crippen MR) is 95.5 cm³/mol. The molecular formula is C18H30N4. The Morgan fingerprint density at radius 3 is 2.86 bits per heavy atom. The smallest absolute Gasteiger partial charge is 0.193 e. The first-order valence-electron chi connectivity index (χ1n) is 8.34. The average Bonchev–Trinajstić information content (AvgIpc) is 2.48. The van der Waals surface area contributed by atoms with E-state index in [1.165, 1.54) is 37.1 Å². The van der Waals surface area contributed by atoms with Gasteiger partial charge in [-0.25, -0.2) is 0 Å². The minimum absolute atomic E-state index is 0.447. The van der Waals surface area contributed by atoms with Gasteiger partial charge in [-0.15, -0.1) is 0 Å². The van der Waals surface area contributed by atoms with Gasteiger partial charge in [0, 0.05) is 18.3 Å². The van der Waals surface area contributed by atoms with Crippen LogP contribution in [0.4, 0.5) is 5.69 Å². The van der Waals surface area contributed by atoms with E-state index in [0.29, 0.717) is 12.0 Å². The largest absolute Gasteiger partial charge is 0.370 e. The van der Waals surface area contributed by atoms with Gasteiger partial charge >= 0.3 is 0 Å². The van der Waals surface area contributed by atoms with Crippen LogP contribution in [0.15, 0.2) is 23.2 Å². The molecule has 0 saturated carbocycles. The van der Waals surface area contributed by atoms with Crippen molar-refractivity contribution in [2.75, 3.05) is 25.0 Å². The lowest BCUT2D eigenvalue weighted by molar-refractivity contribution is 0.142. The Morgan fingerprint density at radius 2 is 2.18 bits per heavy atom. The number of nitrogens with one attached hydrogen (secondary N) is 1. The van der Waals surface area contributed by atoms with Crippen molar-refractivity contribution < 1.29 is 0 Å². The summed E-state index contributed by atoms with van der Waals surface area (Å²) < 4.78 is 0. The summed E-state index contributed by atoms with van der Waals surface area (Å²) in [5.74, 6) is 1.30. The lowest BCUT2D eigenvalue weighted by Crippen LogP contribution is -2.42. The summed E-state index contributed by atoms with van der Waals surface area (Å²) in [5, 5.41) is 3.19. The fourth-order valence-corrected chi connectivity index (χ4v) is 2.98. The maximum absolute atomic E-state index is 6.02. The Bertz CT molecular complexity index is 524. The number of nitrogens with two attached hydrogens (primary N) is 1. The molecule has 0 spiro atoms. The second kappa shape index (κ2) is 7.63. The van der Waals surface area contributed by atoms with Crippen LogP contribution in [0.5, 0.6) is 0 Å². The molecule has 1 saturated heterocycles. The number of aliphatic imine (C=N–C) groups is 1. The van der Waals surface area contributed by atoms with Gasteiger partial charge in [-0.05, 0) is 69.3 Å². The first kappa shape index (κ1) is 16.8. The number of rotatable bonds is 4. The van der Waals surface area contributed by atoms with Crippen LogP contribution in [0, 0.1) is 19.8 Å². The predicted octanol–water partition coefficient (Wildman–Crippen LogP) is 3.15. The highest BCUT2D eigenvalue weighted by Crippen LogP contribution is 2.18. The molecule has 122 valence electrons. The van der Waals surface area contributed by atoms with Crippen LogP contribution in [-0.4, -0.2) is 36.5 Å². The number of nitrogens with zero attached hydrogens (tertiary/aromatic N) is 2. The summed E-state index contributed by atoms with van der Waals surface area (Å²) >= 11 is 0. The molecule has 0 aliphatic carbocycles. The third kappa shape index (κ3) is 4.73. The average molecular weight is 302 g/mol. The van der Waals surface area contributed by atoms with E-state index >= 15 is 0 Å². The summed E-state index contributed by atoms with van der Waals surface area (Å²) in [7, 11) is 0. The van der Waals surface area contributed by atoms with Crippen LogP contribution >= 0.6 is 0 Å². The summed E-state index contributed by atoms with van der Waals surface area (Å²) in [6.07, 6.45) is 2.65. The molecule has 1 heterocycles. The second-order valence-electron chi connectivity index (χ2n) is 6.74. The van der Waals surface area contributed by atoms with Crippen molar-refractivity contribution in [3.8, 4) is 0 Å². The molecule has 1 aromatic rings.